The van der Waals surface area contributed by atoms with Gasteiger partial charge in [0.05, 0.1) is 68.5 Å². The van der Waals surface area contributed by atoms with Gasteiger partial charge in [0.2, 0.25) is 0 Å². The molecule has 756 valence electrons. The van der Waals surface area contributed by atoms with Gasteiger partial charge in [0.15, 0.2) is 78.1 Å². The third-order valence-electron chi connectivity index (χ3n) is 20.6. The molecule has 0 amide bonds. The standard InChI is InChI=1S/2C25H33N6O13PS.C24H32N7O13PS/c2*1-12(2)40-25(36)39-11-46-45(37,43-19-15(9-32)41-22(20(19)38-3)30-7-5-16(34)29-24(30)35)44-23-14(33)8-17(42-23)31-10-28-18-13(26)4-6-27-21(18)31;1-11(2)40-24(36)39-10-46-45(37,43-17-13(7-32)41-21(18(17)38-3)30-5-4-14(34)29-23(30)35)44-22-12(33)6-15(42-22)31-9-28-16-19(25)26-8-27-20(16)31/h2*4-7,10,12,14-15,17,19-20,22-23,32-33H,8-9,11H2,1-3H3,(H2,26,27)(H,29,34,35);4-5,8-9,11-13,15,17-18,21-22,32-33H,6-7,10H2,1-3H3,(H2,25,26,27)(H,29,34,35)/t14?,15-,17-,19?,20+,22-,23-,45?;14?,15-,17-,19?,20+,22-,23-,45-;12?,13-,15-,17?,18+,21-,22-,45+/m111/s1. The van der Waals surface area contributed by atoms with Gasteiger partial charge in [-0.2, -0.15) is 0 Å². The normalized spacial score (nSPS) is 27.7. The molecule has 15 N–H and O–H groups in total. The Morgan fingerprint density at radius 3 is 1.00 bits per heavy atom. The third-order valence-corrected chi connectivity index (χ3v) is 30.5. The third kappa shape index (κ3) is 24.9. The SMILES string of the molecule is CO[C@H]1C(OP(=O)(O[C@H]2O[C@@H](n3cnc4c(N)ccnc43)CC2O)SCOC(=O)OC(C)C)[C@@H](CO)O[C@H]1n1ccc(=O)[nH]c1=O.CO[C@H]1C(O[P@@](=O)(O[C@H]2O[C@@H](n3cnc4c(N)ncnc43)CC2O)SCOC(=O)OC(C)C)[C@@H](CO)O[C@H]1n1ccc(=O)[nH]c1=O.CO[C@H]1C(O[P@](=O)(O[C@H]2O[C@@H](n3cnc4c(N)ccnc43)CC2O)SCOC(=O)OC(C)C)[C@@H](CO)O[C@H]1n1ccc(=O)[nH]c1=O. The highest BCUT2D eigenvalue weighted by molar-refractivity contribution is 8.55. The van der Waals surface area contributed by atoms with Gasteiger partial charge in [-0.25, -0.2) is 77.4 Å². The maximum absolute atomic E-state index is 14.3. The van der Waals surface area contributed by atoms with Gasteiger partial charge in [0, 0.05) is 124 Å². The summed E-state index contributed by atoms with van der Waals surface area (Å²) in [5.41, 5.74) is 16.3. The lowest BCUT2D eigenvalue weighted by Crippen LogP contribution is -2.40. The summed E-state index contributed by atoms with van der Waals surface area (Å²) in [6.07, 6.45) is -19.0. The maximum Gasteiger partial charge on any atom is 0.509 e. The van der Waals surface area contributed by atoms with Gasteiger partial charge in [-0.15, -0.1) is 0 Å². The summed E-state index contributed by atoms with van der Waals surface area (Å²) in [5.74, 6) is -1.62. The Morgan fingerprint density at radius 1 is 0.420 bits per heavy atom. The number of aliphatic hydroxyl groups is 6. The molecule has 0 aliphatic carbocycles. The van der Waals surface area contributed by atoms with E-state index in [1.54, 1.807) is 53.7 Å². The van der Waals surface area contributed by atoms with Crippen LogP contribution >= 0.6 is 54.5 Å². The number of carbonyl (C=O) groups is 3. The zero-order valence-corrected chi connectivity index (χ0v) is 79.2. The summed E-state index contributed by atoms with van der Waals surface area (Å²) in [6.45, 7) is -5.94. The number of anilines is 3. The fraction of sp³-hybridized carbons (Fsp3) is 0.568. The molecule has 6 saturated heterocycles. The van der Waals surface area contributed by atoms with Gasteiger partial charge in [0.25, 0.3) is 16.7 Å². The lowest BCUT2D eigenvalue weighted by Gasteiger charge is -2.29. The highest BCUT2D eigenvalue weighted by Crippen LogP contribution is 2.67. The molecule has 9 aromatic heterocycles. The van der Waals surface area contributed by atoms with Crippen molar-refractivity contribution in [3.8, 4) is 0 Å². The number of methoxy groups -OCH3 is 3. The fourth-order valence-corrected chi connectivity index (χ4v) is 23.3. The van der Waals surface area contributed by atoms with Crippen molar-refractivity contribution >= 4 is 124 Å². The van der Waals surface area contributed by atoms with Crippen LogP contribution in [0.5, 0.6) is 0 Å². The molecule has 24 atom stereocenters. The second-order valence-electron chi connectivity index (χ2n) is 31.0. The zero-order chi connectivity index (χ0) is 99.5. The number of H-pyrrole nitrogens is 3. The zero-order valence-electron chi connectivity index (χ0n) is 74.1. The average Bonchev–Trinajstić information content (AvgIpc) is 1.63. The van der Waals surface area contributed by atoms with E-state index in [-0.39, 0.29) is 25.1 Å². The molecule has 64 heteroatoms. The van der Waals surface area contributed by atoms with E-state index >= 15 is 0 Å². The van der Waals surface area contributed by atoms with Crippen molar-refractivity contribution in [2.45, 2.75) is 209 Å². The smallest absolute Gasteiger partial charge is 0.432 e. The maximum atomic E-state index is 14.3. The van der Waals surface area contributed by atoms with Crippen molar-refractivity contribution in [1.82, 2.24) is 77.2 Å². The summed E-state index contributed by atoms with van der Waals surface area (Å²) in [4.78, 5) is 144. The molecule has 0 aromatic carbocycles. The highest BCUT2D eigenvalue weighted by Gasteiger charge is 2.57. The number of nitrogen functional groups attached to an aromatic ring is 3. The number of aliphatic hydroxyl groups excluding tert-OH is 6. The van der Waals surface area contributed by atoms with Crippen LogP contribution in [0.15, 0.2) is 115 Å². The minimum absolute atomic E-state index is 0.0296. The Balaban J connectivity index is 0.000000175. The molecule has 6 aliphatic rings. The Hall–Kier alpha value is -10.1. The Labute approximate surface area is 788 Å². The van der Waals surface area contributed by atoms with E-state index in [9.17, 15) is 87.5 Å². The average molecular weight is 2070 g/mol. The van der Waals surface area contributed by atoms with Gasteiger partial charge in [-0.3, -0.25) is 83.9 Å². The van der Waals surface area contributed by atoms with Crippen LogP contribution in [-0.4, -0.2) is 296 Å². The van der Waals surface area contributed by atoms with Crippen molar-refractivity contribution in [2.75, 3.05) is 76.2 Å². The second kappa shape index (κ2) is 46.1. The molecular formula is C74H98N19O39P3S3. The fourth-order valence-electron chi connectivity index (χ4n) is 14.5. The van der Waals surface area contributed by atoms with Crippen LogP contribution in [0.25, 0.3) is 33.5 Å². The van der Waals surface area contributed by atoms with Gasteiger partial charge in [0.1, 0.15) is 115 Å². The number of hydrogen-bond acceptors (Lipinski definition) is 52. The van der Waals surface area contributed by atoms with E-state index in [0.717, 1.165) is 38.1 Å². The first kappa shape index (κ1) is 105. The number of aromatic nitrogens is 16. The minimum Gasteiger partial charge on any atom is -0.432 e. The van der Waals surface area contributed by atoms with Crippen molar-refractivity contribution in [3.63, 3.8) is 0 Å². The number of nitrogens with two attached hydrogens (primary N) is 3. The van der Waals surface area contributed by atoms with E-state index in [0.29, 0.717) is 79.0 Å². The summed E-state index contributed by atoms with van der Waals surface area (Å²) >= 11 is 1.27. The van der Waals surface area contributed by atoms with Crippen LogP contribution in [0.4, 0.5) is 31.6 Å². The lowest BCUT2D eigenvalue weighted by atomic mass is 10.1. The molecule has 15 heterocycles. The molecule has 6 aliphatic heterocycles. The summed E-state index contributed by atoms with van der Waals surface area (Å²) in [6, 6.07) is 6.41. The predicted octanol–water partition coefficient (Wildman–Crippen LogP) is 1.90. The first-order valence-corrected chi connectivity index (χ1v) is 50.9. The largest absolute Gasteiger partial charge is 0.509 e. The number of pyridine rings is 2. The molecule has 6 fully saturated rings. The van der Waals surface area contributed by atoms with Crippen LogP contribution in [-0.2, 0) is 112 Å². The molecule has 138 heavy (non-hydrogen) atoms. The molecule has 0 bridgehead atoms. The predicted molar refractivity (Wildman–Crippen MR) is 473 cm³/mol. The van der Waals surface area contributed by atoms with E-state index in [1.165, 1.54) is 85.1 Å². The molecule has 0 spiro atoms. The van der Waals surface area contributed by atoms with Gasteiger partial charge in [-0.1, -0.05) is 0 Å². The molecule has 58 nitrogen and oxygen atoms in total. The Morgan fingerprint density at radius 2 is 0.717 bits per heavy atom. The molecule has 9 aromatic rings. The molecular weight excluding hydrogens is 1970 g/mol. The van der Waals surface area contributed by atoms with Gasteiger partial charge in [-0.05, 0) is 53.7 Å². The van der Waals surface area contributed by atoms with Gasteiger partial charge < -0.3 is 119 Å². The van der Waals surface area contributed by atoms with E-state index in [4.69, 9.17) is 115 Å². The van der Waals surface area contributed by atoms with Crippen molar-refractivity contribution in [3.05, 3.63) is 149 Å². The number of hydrogen-bond donors (Lipinski definition) is 12. The monoisotopic (exact) mass is 2070 g/mol. The van der Waals surface area contributed by atoms with Crippen LogP contribution in [0.3, 0.4) is 0 Å². The minimum atomic E-state index is -4.53. The summed E-state index contributed by atoms with van der Waals surface area (Å²) in [7, 11) is 3.79. The number of fused-ring (bicyclic) bond motifs is 3. The summed E-state index contributed by atoms with van der Waals surface area (Å²) < 4.78 is 167. The second-order valence-corrected chi connectivity index (χ2v) is 42.8. The molecule has 15 rings (SSSR count). The van der Waals surface area contributed by atoms with Crippen LogP contribution in [0.1, 0.15) is 98.2 Å². The highest BCUT2D eigenvalue weighted by atomic mass is 32.7. The molecule has 0 radical (unpaired) electrons. The molecule has 7 unspecified atom stereocenters. The number of ether oxygens (including phenoxy) is 15. The van der Waals surface area contributed by atoms with Crippen molar-refractivity contribution in [2.24, 2.45) is 0 Å². The topological polar surface area (TPSA) is 765 Å². The number of nitrogens with one attached hydrogen (secondary N) is 3. The lowest BCUT2D eigenvalue weighted by molar-refractivity contribution is -0.131. The Bertz CT molecular complexity index is 5690. The van der Waals surface area contributed by atoms with Crippen LogP contribution in [0.2, 0.25) is 0 Å². The first-order valence-electron chi connectivity index (χ1n) is 41.5. The number of carbonyl (C=O) groups excluding carboxylic acids is 3. The van der Waals surface area contributed by atoms with Crippen molar-refractivity contribution in [1.29, 1.82) is 0 Å². The van der Waals surface area contributed by atoms with Crippen LogP contribution in [0, 0.1) is 0 Å². The number of imidazole rings is 3. The van der Waals surface area contributed by atoms with Crippen LogP contribution < -0.4 is 50.9 Å². The summed E-state index contributed by atoms with van der Waals surface area (Å²) in [5, 5.41) is 63.0. The first-order chi connectivity index (χ1) is 65.8. The number of rotatable bonds is 36. The molecule has 0 saturated carbocycles. The van der Waals surface area contributed by atoms with E-state index in [2.05, 4.69) is 49.8 Å². The number of nitrogens with zero attached hydrogens (tertiary/aromatic N) is 13. The quantitative estimate of drug-likeness (QED) is 0.0115. The van der Waals surface area contributed by atoms with Crippen molar-refractivity contribution < 1.29 is 157 Å². The van der Waals surface area contributed by atoms with Gasteiger partial charge >= 0.3 is 55.9 Å². The number of aromatic amines is 3. The van der Waals surface area contributed by atoms with E-state index in [1.807, 2.05) is 0 Å². The van der Waals surface area contributed by atoms with E-state index < -0.39 is 258 Å². The Kier molecular flexibility index (Phi) is 35.2.